The lowest BCUT2D eigenvalue weighted by atomic mass is 9.75. The zero-order valence-corrected chi connectivity index (χ0v) is 13.5. The van der Waals surface area contributed by atoms with Gasteiger partial charge in [-0.25, -0.2) is 0 Å². The molecular formula is C18H23F2NO3. The van der Waals surface area contributed by atoms with E-state index in [-0.39, 0.29) is 18.8 Å². The number of amides is 1. The van der Waals surface area contributed by atoms with Gasteiger partial charge in [-0.3, -0.25) is 4.79 Å². The van der Waals surface area contributed by atoms with Crippen LogP contribution in [0.2, 0.25) is 0 Å². The first kappa shape index (κ1) is 17.3. The van der Waals surface area contributed by atoms with Gasteiger partial charge in [0.15, 0.2) is 0 Å². The molecule has 1 saturated heterocycles. The van der Waals surface area contributed by atoms with Gasteiger partial charge in [0.25, 0.3) is 5.91 Å². The number of nitrogens with one attached hydrogen (secondary N) is 1. The van der Waals surface area contributed by atoms with E-state index in [0.717, 1.165) is 12.0 Å². The van der Waals surface area contributed by atoms with Gasteiger partial charge < -0.3 is 15.2 Å². The zero-order chi connectivity index (χ0) is 17.2. The third-order valence-electron chi connectivity index (χ3n) is 5.15. The molecule has 0 bridgehead atoms. The highest BCUT2D eigenvalue weighted by Gasteiger charge is 2.61. The molecule has 1 saturated carbocycles. The van der Waals surface area contributed by atoms with Crippen molar-refractivity contribution in [3.8, 4) is 0 Å². The highest BCUT2D eigenvalue weighted by atomic mass is 19.3. The van der Waals surface area contributed by atoms with Crippen molar-refractivity contribution in [1.29, 1.82) is 0 Å². The molecule has 2 N–H and O–H groups in total. The second-order valence-corrected chi connectivity index (χ2v) is 6.86. The van der Waals surface area contributed by atoms with Crippen LogP contribution < -0.4 is 5.32 Å². The van der Waals surface area contributed by atoms with Crippen LogP contribution >= 0.6 is 0 Å². The summed E-state index contributed by atoms with van der Waals surface area (Å²) in [5.41, 5.74) is -1.41. The van der Waals surface area contributed by atoms with Crippen molar-refractivity contribution in [3.05, 3.63) is 35.9 Å². The van der Waals surface area contributed by atoms with Crippen LogP contribution in [0.1, 0.15) is 43.7 Å². The van der Waals surface area contributed by atoms with Gasteiger partial charge in [-0.1, -0.05) is 30.3 Å². The Kier molecular flexibility index (Phi) is 4.88. The lowest BCUT2D eigenvalue weighted by Crippen LogP contribution is -2.61. The third kappa shape index (κ3) is 3.30. The maximum Gasteiger partial charge on any atom is 0.352 e. The van der Waals surface area contributed by atoms with Crippen molar-refractivity contribution in [1.82, 2.24) is 5.32 Å². The van der Waals surface area contributed by atoms with Crippen molar-refractivity contribution in [3.63, 3.8) is 0 Å². The Balaban J connectivity index is 1.74. The SMILES string of the molecule is O=C(NC(CC1CCOC1)c1ccccc1)C(F)(F)C1(O)CCC1. The van der Waals surface area contributed by atoms with Crippen LogP contribution in [0.5, 0.6) is 0 Å². The zero-order valence-electron chi connectivity index (χ0n) is 13.5. The molecule has 1 aromatic carbocycles. The van der Waals surface area contributed by atoms with Crippen molar-refractivity contribution < 1.29 is 23.4 Å². The Morgan fingerprint density at radius 3 is 2.62 bits per heavy atom. The Morgan fingerprint density at radius 1 is 1.38 bits per heavy atom. The molecule has 1 aliphatic carbocycles. The summed E-state index contributed by atoms with van der Waals surface area (Å²) in [5.74, 6) is -4.93. The van der Waals surface area contributed by atoms with E-state index in [0.29, 0.717) is 26.1 Å². The molecule has 1 aliphatic heterocycles. The van der Waals surface area contributed by atoms with Crippen LogP contribution in [0.3, 0.4) is 0 Å². The standard InChI is InChI=1S/C18H23F2NO3/c19-18(20,17(23)8-4-9-17)16(22)21-15(11-13-7-10-24-12-13)14-5-2-1-3-6-14/h1-3,5-6,13,15,23H,4,7-12H2,(H,21,22). The van der Waals surface area contributed by atoms with Crippen molar-refractivity contribution in [2.75, 3.05) is 13.2 Å². The van der Waals surface area contributed by atoms with Crippen LogP contribution in [-0.4, -0.2) is 35.8 Å². The number of hydrogen-bond acceptors (Lipinski definition) is 3. The minimum absolute atomic E-state index is 0.0418. The van der Waals surface area contributed by atoms with E-state index >= 15 is 0 Å². The average Bonchev–Trinajstić information content (AvgIpc) is 3.05. The Hall–Kier alpha value is -1.53. The van der Waals surface area contributed by atoms with Crippen LogP contribution in [0.25, 0.3) is 0 Å². The number of alkyl halides is 2. The maximum atomic E-state index is 14.3. The summed E-state index contributed by atoms with van der Waals surface area (Å²) in [4.78, 5) is 12.2. The lowest BCUT2D eigenvalue weighted by Gasteiger charge is -2.42. The summed E-state index contributed by atoms with van der Waals surface area (Å²) in [6, 6.07) is 8.59. The summed E-state index contributed by atoms with van der Waals surface area (Å²) in [6.45, 7) is 1.25. The molecule has 2 unspecified atom stereocenters. The van der Waals surface area contributed by atoms with E-state index in [2.05, 4.69) is 5.32 Å². The largest absolute Gasteiger partial charge is 0.383 e. The smallest absolute Gasteiger partial charge is 0.352 e. The van der Waals surface area contributed by atoms with E-state index in [1.54, 1.807) is 0 Å². The molecule has 1 heterocycles. The molecule has 6 heteroatoms. The molecule has 0 radical (unpaired) electrons. The lowest BCUT2D eigenvalue weighted by molar-refractivity contribution is -0.216. The number of halogens is 2. The molecule has 4 nitrogen and oxygen atoms in total. The number of carbonyl (C=O) groups is 1. The molecule has 2 atom stereocenters. The molecule has 3 rings (SSSR count). The molecule has 24 heavy (non-hydrogen) atoms. The first-order valence-corrected chi connectivity index (χ1v) is 8.46. The highest BCUT2D eigenvalue weighted by Crippen LogP contribution is 2.44. The summed E-state index contributed by atoms with van der Waals surface area (Å²) in [5, 5.41) is 12.4. The van der Waals surface area contributed by atoms with E-state index < -0.39 is 23.5 Å². The first-order valence-electron chi connectivity index (χ1n) is 8.46. The van der Waals surface area contributed by atoms with Gasteiger partial charge in [-0.2, -0.15) is 8.78 Å². The van der Waals surface area contributed by atoms with Crippen molar-refractivity contribution in [2.24, 2.45) is 5.92 Å². The maximum absolute atomic E-state index is 14.3. The van der Waals surface area contributed by atoms with E-state index in [1.807, 2.05) is 30.3 Å². The Labute approximate surface area is 140 Å². The van der Waals surface area contributed by atoms with Gasteiger partial charge in [-0.05, 0) is 43.6 Å². The second kappa shape index (κ2) is 6.76. The molecule has 2 fully saturated rings. The molecule has 0 spiro atoms. The van der Waals surface area contributed by atoms with Gasteiger partial charge in [-0.15, -0.1) is 0 Å². The third-order valence-corrected chi connectivity index (χ3v) is 5.15. The summed E-state index contributed by atoms with van der Waals surface area (Å²) < 4.78 is 34.0. The molecule has 0 aromatic heterocycles. The van der Waals surface area contributed by atoms with Gasteiger partial charge in [0.2, 0.25) is 0 Å². The first-order chi connectivity index (χ1) is 11.4. The minimum Gasteiger partial charge on any atom is -0.383 e. The molecule has 132 valence electrons. The molecule has 2 aliphatic rings. The number of hydrogen-bond donors (Lipinski definition) is 2. The van der Waals surface area contributed by atoms with E-state index in [1.165, 1.54) is 0 Å². The van der Waals surface area contributed by atoms with E-state index in [9.17, 15) is 18.7 Å². The van der Waals surface area contributed by atoms with Gasteiger partial charge in [0, 0.05) is 13.2 Å². The second-order valence-electron chi connectivity index (χ2n) is 6.86. The molecular weight excluding hydrogens is 316 g/mol. The Bertz CT molecular complexity index is 569. The quantitative estimate of drug-likeness (QED) is 0.838. The topological polar surface area (TPSA) is 58.6 Å². The number of ether oxygens (including phenoxy) is 1. The average molecular weight is 339 g/mol. The predicted molar refractivity (Wildman–Crippen MR) is 84.6 cm³/mol. The van der Waals surface area contributed by atoms with Crippen LogP contribution in [0.15, 0.2) is 30.3 Å². The van der Waals surface area contributed by atoms with Crippen molar-refractivity contribution >= 4 is 5.91 Å². The summed E-state index contributed by atoms with van der Waals surface area (Å²) >= 11 is 0. The summed E-state index contributed by atoms with van der Waals surface area (Å²) in [6.07, 6.45) is 1.84. The van der Waals surface area contributed by atoms with Gasteiger partial charge in [0.1, 0.15) is 5.60 Å². The highest BCUT2D eigenvalue weighted by molar-refractivity contribution is 5.85. The van der Waals surface area contributed by atoms with Crippen LogP contribution in [0, 0.1) is 5.92 Å². The molecule has 1 amide bonds. The van der Waals surface area contributed by atoms with Gasteiger partial charge in [0.05, 0.1) is 6.04 Å². The van der Waals surface area contributed by atoms with Crippen LogP contribution in [-0.2, 0) is 9.53 Å². The fraction of sp³-hybridized carbons (Fsp3) is 0.611. The molecule has 1 aromatic rings. The van der Waals surface area contributed by atoms with Crippen molar-refractivity contribution in [2.45, 2.75) is 49.7 Å². The fourth-order valence-electron chi connectivity index (χ4n) is 3.35. The minimum atomic E-state index is -3.77. The number of aliphatic hydroxyl groups is 1. The Morgan fingerprint density at radius 2 is 2.08 bits per heavy atom. The number of benzene rings is 1. The van der Waals surface area contributed by atoms with Crippen LogP contribution in [0.4, 0.5) is 8.78 Å². The fourth-order valence-corrected chi connectivity index (χ4v) is 3.35. The monoisotopic (exact) mass is 339 g/mol. The van der Waals surface area contributed by atoms with E-state index in [4.69, 9.17) is 4.74 Å². The number of rotatable bonds is 6. The summed E-state index contributed by atoms with van der Waals surface area (Å²) in [7, 11) is 0. The number of carbonyl (C=O) groups excluding carboxylic acids is 1. The predicted octanol–water partition coefficient (Wildman–Crippen LogP) is 2.82. The normalized spacial score (nSPS) is 24.2. The van der Waals surface area contributed by atoms with Gasteiger partial charge >= 0.3 is 5.92 Å².